The zero-order valence-electron chi connectivity index (χ0n) is 3.62. The molecule has 0 aliphatic rings. The first-order chi connectivity index (χ1) is 3.13. The van der Waals surface area contributed by atoms with E-state index in [0.717, 1.165) is 0 Å². The lowest BCUT2D eigenvalue weighted by Gasteiger charge is -1.84. The second-order valence-electron chi connectivity index (χ2n) is 0.634. The van der Waals surface area contributed by atoms with Crippen LogP contribution in [0.1, 0.15) is 0 Å². The van der Waals surface area contributed by atoms with Gasteiger partial charge in [0, 0.05) is 0 Å². The van der Waals surface area contributed by atoms with Crippen LogP contribution in [0.5, 0.6) is 0 Å². The molecule has 0 amide bonds. The molecule has 0 aliphatic carbocycles. The lowest BCUT2D eigenvalue weighted by molar-refractivity contribution is 0.0802. The summed E-state index contributed by atoms with van der Waals surface area (Å²) < 4.78 is 3.08. The smallest absolute Gasteiger partial charge is 0.449 e. The molecule has 0 unspecified atom stereocenters. The highest BCUT2D eigenvalue weighted by molar-refractivity contribution is 7.59. The maximum Gasteiger partial charge on any atom is 0.516 e. The molecule has 0 bridgehead atoms. The molecule has 48 valence electrons. The summed E-state index contributed by atoms with van der Waals surface area (Å²) in [7, 11) is 0. The fraction of sp³-hybridized carbons (Fsp3) is 0. The van der Waals surface area contributed by atoms with Crippen molar-refractivity contribution >= 4 is 25.8 Å². The Kier molecular flexibility index (Phi) is 5.40. The van der Waals surface area contributed by atoms with E-state index >= 15 is 0 Å². The number of hydrogen-bond donors (Lipinski definition) is 2. The number of rotatable bonds is 0. The minimum Gasteiger partial charge on any atom is -0.449 e. The molecule has 0 aliphatic heterocycles. The van der Waals surface area contributed by atoms with Gasteiger partial charge in [0.2, 0.25) is 0 Å². The third kappa shape index (κ3) is 8.92. The lowest BCUT2D eigenvalue weighted by atomic mass is 11.3. The van der Waals surface area contributed by atoms with Crippen LogP contribution in [0.15, 0.2) is 0 Å². The minimum atomic E-state index is -1.81. The molecule has 0 rings (SSSR count). The van der Waals surface area contributed by atoms with Crippen LogP contribution in [0.3, 0.4) is 0 Å². The molecule has 0 atom stereocenters. The van der Waals surface area contributed by atoms with Gasteiger partial charge >= 0.3 is 12.3 Å². The Balaban J connectivity index is 0. The molecule has 0 aromatic heterocycles. The summed E-state index contributed by atoms with van der Waals surface area (Å²) in [4.78, 5) is 18.4. The molecule has 0 aromatic rings. The van der Waals surface area contributed by atoms with Gasteiger partial charge in [0.05, 0.1) is 0 Å². The summed E-state index contributed by atoms with van der Waals surface area (Å²) in [5.41, 5.74) is 0. The van der Waals surface area contributed by atoms with Gasteiger partial charge in [-0.15, -0.1) is 0 Å². The van der Waals surface area contributed by atoms with Gasteiger partial charge in [-0.05, 0) is 0 Å². The summed E-state index contributed by atoms with van der Waals surface area (Å²) in [5, 5.41) is 15.0. The first-order valence-corrected chi connectivity index (χ1v) is 1.26. The van der Waals surface area contributed by atoms with E-state index in [2.05, 4.69) is 4.74 Å². The third-order valence-electron chi connectivity index (χ3n) is 0.175. The van der Waals surface area contributed by atoms with Crippen LogP contribution in [0.4, 0.5) is 9.59 Å². The Bertz CT molecular complexity index is 86.6. The molecule has 0 aromatic carbocycles. The van der Waals surface area contributed by atoms with Gasteiger partial charge in [0.15, 0.2) is 0 Å². The topological polar surface area (TPSA) is 83.8 Å². The molecule has 2 N–H and O–H groups in total. The molecule has 8 heavy (non-hydrogen) atoms. The number of carbonyl (C=O) groups is 2. The van der Waals surface area contributed by atoms with Crippen LogP contribution in [-0.4, -0.2) is 22.5 Å². The molecule has 0 spiro atoms. The van der Waals surface area contributed by atoms with E-state index in [0.29, 0.717) is 0 Å². The second kappa shape index (κ2) is 4.25. The maximum absolute atomic E-state index is 9.21. The number of hydrogen-bond acceptors (Lipinski definition) is 3. The van der Waals surface area contributed by atoms with Crippen molar-refractivity contribution in [2.75, 3.05) is 0 Å². The van der Waals surface area contributed by atoms with Crippen LogP contribution in [0.2, 0.25) is 0 Å². The van der Waals surface area contributed by atoms with E-state index in [1.807, 2.05) is 0 Å². The summed E-state index contributed by atoms with van der Waals surface area (Å²) in [6.45, 7) is 0. The van der Waals surface area contributed by atoms with Gasteiger partial charge in [0.1, 0.15) is 0 Å². The van der Waals surface area contributed by atoms with E-state index in [9.17, 15) is 9.59 Å². The van der Waals surface area contributed by atoms with Crippen molar-refractivity contribution in [2.45, 2.75) is 0 Å². The Labute approximate surface area is 51.3 Å². The highest BCUT2D eigenvalue weighted by Crippen LogP contribution is 1.73. The molecule has 0 saturated heterocycles. The molecule has 0 saturated carbocycles. The van der Waals surface area contributed by atoms with E-state index in [1.54, 1.807) is 0 Å². The van der Waals surface area contributed by atoms with Crippen molar-refractivity contribution in [3.8, 4) is 0 Å². The average molecular weight is 140 g/mol. The minimum absolute atomic E-state index is 0. The van der Waals surface area contributed by atoms with E-state index in [4.69, 9.17) is 10.2 Å². The van der Waals surface area contributed by atoms with Crippen molar-refractivity contribution in [1.29, 1.82) is 0 Å². The van der Waals surface area contributed by atoms with E-state index in [1.165, 1.54) is 0 Å². The highest BCUT2D eigenvalue weighted by atomic mass is 32.1. The Hall–Kier alpha value is -0.910. The molecule has 6 heteroatoms. The fourth-order valence-corrected chi connectivity index (χ4v) is 0.0747. The zero-order valence-corrected chi connectivity index (χ0v) is 4.62. The predicted octanol–water partition coefficient (Wildman–Crippen LogP) is 0.472. The Morgan fingerprint density at radius 2 is 1.38 bits per heavy atom. The largest absolute Gasteiger partial charge is 0.516 e. The van der Waals surface area contributed by atoms with Crippen LogP contribution in [-0.2, 0) is 4.74 Å². The normalized spacial score (nSPS) is 6.50. The van der Waals surface area contributed by atoms with Gasteiger partial charge in [-0.2, -0.15) is 13.5 Å². The van der Waals surface area contributed by atoms with Gasteiger partial charge in [0.25, 0.3) is 0 Å². The van der Waals surface area contributed by atoms with Crippen LogP contribution >= 0.6 is 13.5 Å². The lowest BCUT2D eigenvalue weighted by Crippen LogP contribution is -2.05. The quantitative estimate of drug-likeness (QED) is 0.377. The second-order valence-corrected chi connectivity index (χ2v) is 0.634. The first-order valence-electron chi connectivity index (χ1n) is 1.26. The first kappa shape index (κ1) is 10.1. The van der Waals surface area contributed by atoms with Gasteiger partial charge in [-0.3, -0.25) is 0 Å². The number of ether oxygens (including phenoxy) is 1. The van der Waals surface area contributed by atoms with E-state index in [-0.39, 0.29) is 13.5 Å². The summed E-state index contributed by atoms with van der Waals surface area (Å²) >= 11 is 0. The van der Waals surface area contributed by atoms with Crippen LogP contribution in [0.25, 0.3) is 0 Å². The molecule has 0 heterocycles. The van der Waals surface area contributed by atoms with Gasteiger partial charge < -0.3 is 14.9 Å². The average Bonchev–Trinajstić information content (AvgIpc) is 1.27. The molecular weight excluding hydrogens is 136 g/mol. The monoisotopic (exact) mass is 140 g/mol. The van der Waals surface area contributed by atoms with Crippen molar-refractivity contribution < 1.29 is 24.5 Å². The molecular formula is C2H4O5S. The van der Waals surface area contributed by atoms with Gasteiger partial charge in [-0.1, -0.05) is 0 Å². The fourth-order valence-electron chi connectivity index (χ4n) is 0.0747. The van der Waals surface area contributed by atoms with Crippen LogP contribution < -0.4 is 0 Å². The van der Waals surface area contributed by atoms with E-state index < -0.39 is 12.3 Å². The van der Waals surface area contributed by atoms with Crippen molar-refractivity contribution in [1.82, 2.24) is 0 Å². The summed E-state index contributed by atoms with van der Waals surface area (Å²) in [5.74, 6) is 0. The van der Waals surface area contributed by atoms with Crippen LogP contribution in [0, 0.1) is 0 Å². The highest BCUT2D eigenvalue weighted by Gasteiger charge is 2.01. The van der Waals surface area contributed by atoms with Crippen molar-refractivity contribution in [3.63, 3.8) is 0 Å². The Morgan fingerprint density at radius 1 is 1.12 bits per heavy atom. The standard InChI is InChI=1S/C2H2O5.H2S/c3-1(4)7-2(5)6;/h(H,3,4)(H,5,6);1H2. The van der Waals surface area contributed by atoms with Gasteiger partial charge in [-0.25, -0.2) is 9.59 Å². The molecule has 5 nitrogen and oxygen atoms in total. The molecule has 0 fully saturated rings. The van der Waals surface area contributed by atoms with Crippen molar-refractivity contribution in [2.24, 2.45) is 0 Å². The predicted molar refractivity (Wildman–Crippen MR) is 27.5 cm³/mol. The number of carboxylic acid groups (broad SMARTS) is 2. The summed E-state index contributed by atoms with van der Waals surface area (Å²) in [6, 6.07) is 0. The maximum atomic E-state index is 9.21. The summed E-state index contributed by atoms with van der Waals surface area (Å²) in [6.07, 6.45) is -3.62. The zero-order chi connectivity index (χ0) is 5.86. The Morgan fingerprint density at radius 3 is 1.38 bits per heavy atom. The van der Waals surface area contributed by atoms with Crippen molar-refractivity contribution in [3.05, 3.63) is 0 Å². The molecule has 0 radical (unpaired) electrons. The SMILES string of the molecule is O=C(O)OC(=O)O.S. The third-order valence-corrected chi connectivity index (χ3v) is 0.175.